The van der Waals surface area contributed by atoms with E-state index in [1.807, 2.05) is 30.4 Å². The summed E-state index contributed by atoms with van der Waals surface area (Å²) in [5.41, 5.74) is 3.56. The second-order valence-corrected chi connectivity index (χ2v) is 12.2. The maximum atomic E-state index is 12.7. The highest BCUT2D eigenvalue weighted by atomic mass is 32.1. The number of amides is 4. The first-order valence-corrected chi connectivity index (χ1v) is 16.4. The highest BCUT2D eigenvalue weighted by molar-refractivity contribution is 7.15. The number of carbonyl (C=O) groups excluding carboxylic acids is 4. The van der Waals surface area contributed by atoms with Crippen molar-refractivity contribution in [2.45, 2.75) is 64.2 Å². The van der Waals surface area contributed by atoms with Gasteiger partial charge in [-0.05, 0) is 79.6 Å². The van der Waals surface area contributed by atoms with Crippen LogP contribution < -0.4 is 21.3 Å². The fourth-order valence-electron chi connectivity index (χ4n) is 4.90. The second-order valence-electron chi connectivity index (χ2n) is 11.1. The molecule has 0 spiro atoms. The van der Waals surface area contributed by atoms with Gasteiger partial charge in [-0.3, -0.25) is 19.2 Å². The van der Waals surface area contributed by atoms with Gasteiger partial charge in [0.2, 0.25) is 28.8 Å². The molecule has 2 aromatic carbocycles. The fourth-order valence-corrected chi connectivity index (χ4v) is 5.70. The third-order valence-electron chi connectivity index (χ3n) is 7.17. The van der Waals surface area contributed by atoms with Gasteiger partial charge in [-0.25, -0.2) is 0 Å². The number of carbonyl (C=O) groups is 4. The maximum absolute atomic E-state index is 12.7. The van der Waals surface area contributed by atoms with Crippen molar-refractivity contribution in [3.63, 3.8) is 0 Å². The molecule has 2 aliphatic rings. The number of allylic oxidation sites excluding steroid dienone is 2. The van der Waals surface area contributed by atoms with E-state index in [4.69, 9.17) is 0 Å². The number of hydrogen-bond donors (Lipinski definition) is 4. The lowest BCUT2D eigenvalue weighted by Crippen LogP contribution is -2.16. The lowest BCUT2D eigenvalue weighted by molar-refractivity contribution is -0.117. The lowest BCUT2D eigenvalue weighted by atomic mass is 10.1. The molecular weight excluding hydrogens is 616 g/mol. The minimum Gasteiger partial charge on any atom is -0.326 e. The van der Waals surface area contributed by atoms with Gasteiger partial charge in [0.05, 0.1) is 18.5 Å². The standard InChI is InChI=1S/C34H36N8O4S/c43-29-14-3-1-2-4-15-30(44)36-27-13-8-10-24(20-27)22-32(46)38-34-42-41-33(47-34)16-6-5-11-25-17-18-28(40-39-25)37-31(45)21-23-9-7-12-26(19-23)35-29/h1-2,7-10,12-13,17-20H,3-6,11,14-16,21-22H2,(H,35,43)(H,36,44)(H,37,40,45)(H,38,42,46)/b2-1+. The molecule has 0 unspecified atom stereocenters. The number of rotatable bonds is 0. The molecule has 242 valence electrons. The quantitative estimate of drug-likeness (QED) is 0.187. The van der Waals surface area contributed by atoms with Crippen molar-refractivity contribution >= 4 is 57.3 Å². The van der Waals surface area contributed by atoms with Crippen LogP contribution in [0.1, 0.15) is 60.4 Å². The SMILES string of the molecule is O=C1CC/C=C/CCC(=O)Nc2cccc(c2)CC(=O)Nc2nnc(s2)CCCCc2ccc(nn2)NC(=O)Cc2cccc(c2)N1. The Hall–Kier alpha value is -5.30. The number of anilines is 4. The van der Waals surface area contributed by atoms with E-state index in [1.165, 1.54) is 11.3 Å². The van der Waals surface area contributed by atoms with E-state index in [0.717, 1.165) is 47.5 Å². The molecule has 6 rings (SSSR count). The van der Waals surface area contributed by atoms with Crippen molar-refractivity contribution in [1.29, 1.82) is 0 Å². The van der Waals surface area contributed by atoms with Crippen LogP contribution in [0.5, 0.6) is 0 Å². The molecule has 2 aromatic heterocycles. The Morgan fingerprint density at radius 1 is 0.553 bits per heavy atom. The molecule has 4 aromatic rings. The molecule has 47 heavy (non-hydrogen) atoms. The van der Waals surface area contributed by atoms with Crippen molar-refractivity contribution in [2.24, 2.45) is 0 Å². The number of benzene rings is 2. The molecule has 0 radical (unpaired) electrons. The molecule has 0 atom stereocenters. The summed E-state index contributed by atoms with van der Waals surface area (Å²) in [5, 5.41) is 29.3. The number of hydrogen-bond acceptors (Lipinski definition) is 9. The molecule has 4 N–H and O–H groups in total. The van der Waals surface area contributed by atoms with Crippen LogP contribution in [0.2, 0.25) is 0 Å². The third-order valence-corrected chi connectivity index (χ3v) is 8.07. The van der Waals surface area contributed by atoms with Crippen LogP contribution >= 0.6 is 11.3 Å². The highest BCUT2D eigenvalue weighted by Gasteiger charge is 2.12. The van der Waals surface area contributed by atoms with Gasteiger partial charge >= 0.3 is 0 Å². The van der Waals surface area contributed by atoms with E-state index in [9.17, 15) is 19.2 Å². The van der Waals surface area contributed by atoms with E-state index < -0.39 is 0 Å². The van der Waals surface area contributed by atoms with Crippen molar-refractivity contribution in [2.75, 3.05) is 21.3 Å². The Morgan fingerprint density at radius 3 is 1.79 bits per heavy atom. The van der Waals surface area contributed by atoms with Gasteiger partial charge in [-0.1, -0.05) is 47.8 Å². The van der Waals surface area contributed by atoms with Crippen LogP contribution in [-0.4, -0.2) is 44.0 Å². The number of nitrogens with one attached hydrogen (secondary N) is 4. The Morgan fingerprint density at radius 2 is 1.17 bits per heavy atom. The predicted octanol–water partition coefficient (Wildman–Crippen LogP) is 5.26. The molecule has 0 saturated carbocycles. The normalized spacial score (nSPS) is 16.7. The third kappa shape index (κ3) is 11.2. The van der Waals surface area contributed by atoms with Crippen molar-refractivity contribution in [1.82, 2.24) is 20.4 Å². The number of aryl methyl sites for hydroxylation is 2. The molecule has 2 aliphatic heterocycles. The highest BCUT2D eigenvalue weighted by Crippen LogP contribution is 2.19. The first-order chi connectivity index (χ1) is 22.9. The van der Waals surface area contributed by atoms with E-state index in [1.54, 1.807) is 42.5 Å². The van der Waals surface area contributed by atoms with E-state index in [0.29, 0.717) is 35.2 Å². The average Bonchev–Trinajstić information content (AvgIpc) is 3.48. The van der Waals surface area contributed by atoms with E-state index in [-0.39, 0.29) is 49.3 Å². The molecular formula is C34H36N8O4S. The Kier molecular flexibility index (Phi) is 11.9. The average molecular weight is 653 g/mol. The smallest absolute Gasteiger partial charge is 0.230 e. The first-order valence-electron chi connectivity index (χ1n) is 15.6. The number of aromatic nitrogens is 4. The zero-order chi connectivity index (χ0) is 32.8. The van der Waals surface area contributed by atoms with Crippen LogP contribution in [0, 0.1) is 0 Å². The van der Waals surface area contributed by atoms with Crippen LogP contribution in [-0.2, 0) is 44.9 Å². The summed E-state index contributed by atoms with van der Waals surface area (Å²) in [5.74, 6) is -0.377. The van der Waals surface area contributed by atoms with Gasteiger partial charge in [0, 0.05) is 30.6 Å². The van der Waals surface area contributed by atoms with E-state index >= 15 is 0 Å². The topological polar surface area (TPSA) is 168 Å². The summed E-state index contributed by atoms with van der Waals surface area (Å²) in [4.78, 5) is 50.2. The molecule has 8 bridgehead atoms. The van der Waals surface area contributed by atoms with E-state index in [2.05, 4.69) is 41.7 Å². The molecule has 0 saturated heterocycles. The lowest BCUT2D eigenvalue weighted by Gasteiger charge is -2.08. The minimum absolute atomic E-state index is 0.117. The number of fused-ring (bicyclic) bond motifs is 17. The molecule has 0 aliphatic carbocycles. The molecule has 12 nitrogen and oxygen atoms in total. The summed E-state index contributed by atoms with van der Waals surface area (Å²) in [7, 11) is 0. The monoisotopic (exact) mass is 652 g/mol. The van der Waals surface area contributed by atoms with Crippen molar-refractivity contribution < 1.29 is 19.2 Å². The summed E-state index contributed by atoms with van der Waals surface area (Å²) in [6.07, 6.45) is 8.78. The summed E-state index contributed by atoms with van der Waals surface area (Å²) in [6.45, 7) is 0. The second kappa shape index (κ2) is 16.9. The predicted molar refractivity (Wildman–Crippen MR) is 181 cm³/mol. The van der Waals surface area contributed by atoms with Crippen molar-refractivity contribution in [3.05, 3.63) is 94.6 Å². The van der Waals surface area contributed by atoms with Crippen LogP contribution in [0.15, 0.2) is 72.8 Å². The maximum Gasteiger partial charge on any atom is 0.230 e. The van der Waals surface area contributed by atoms with Gasteiger partial charge in [0.1, 0.15) is 5.01 Å². The summed E-state index contributed by atoms with van der Waals surface area (Å²) >= 11 is 1.35. The van der Waals surface area contributed by atoms with Gasteiger partial charge in [0.15, 0.2) is 5.82 Å². The van der Waals surface area contributed by atoms with Crippen LogP contribution in [0.3, 0.4) is 0 Å². The molecule has 4 amide bonds. The fraction of sp³-hybridized carbons (Fsp3) is 0.294. The van der Waals surface area contributed by atoms with Crippen molar-refractivity contribution in [3.8, 4) is 0 Å². The summed E-state index contributed by atoms with van der Waals surface area (Å²) in [6, 6.07) is 18.0. The number of nitrogens with zero attached hydrogens (tertiary/aromatic N) is 4. The minimum atomic E-state index is -0.239. The molecule has 0 fully saturated rings. The van der Waals surface area contributed by atoms with Gasteiger partial charge in [-0.2, -0.15) is 5.10 Å². The van der Waals surface area contributed by atoms with Gasteiger partial charge in [-0.15, -0.1) is 15.3 Å². The van der Waals surface area contributed by atoms with Gasteiger partial charge < -0.3 is 21.3 Å². The Balaban J connectivity index is 1.21. The molecule has 4 heterocycles. The first kappa shape index (κ1) is 33.1. The zero-order valence-corrected chi connectivity index (χ0v) is 26.6. The molecule has 13 heteroatoms. The van der Waals surface area contributed by atoms with Gasteiger partial charge in [0.25, 0.3) is 0 Å². The van der Waals surface area contributed by atoms with Crippen LogP contribution in [0.4, 0.5) is 22.3 Å². The van der Waals surface area contributed by atoms with Crippen LogP contribution in [0.25, 0.3) is 0 Å². The zero-order valence-electron chi connectivity index (χ0n) is 25.8. The largest absolute Gasteiger partial charge is 0.326 e. The Bertz CT molecular complexity index is 1740. The summed E-state index contributed by atoms with van der Waals surface area (Å²) < 4.78 is 0. The Labute approximate surface area is 276 Å².